The van der Waals surface area contributed by atoms with Gasteiger partial charge in [0.05, 0.1) is 29.6 Å². The third-order valence-corrected chi connectivity index (χ3v) is 4.82. The first kappa shape index (κ1) is 26.0. The molecule has 1 aromatic carbocycles. The second-order valence-electron chi connectivity index (χ2n) is 6.91. The van der Waals surface area contributed by atoms with Gasteiger partial charge in [0.25, 0.3) is 5.56 Å². The van der Waals surface area contributed by atoms with E-state index < -0.39 is 34.6 Å². The summed E-state index contributed by atoms with van der Waals surface area (Å²) in [7, 11) is 0.813. The molecule has 0 saturated heterocycles. The van der Waals surface area contributed by atoms with E-state index in [4.69, 9.17) is 25.8 Å². The molecule has 0 aliphatic carbocycles. The van der Waals surface area contributed by atoms with Crippen molar-refractivity contribution in [3.63, 3.8) is 0 Å². The van der Waals surface area contributed by atoms with Crippen molar-refractivity contribution in [2.24, 2.45) is 7.05 Å². The van der Waals surface area contributed by atoms with Crippen molar-refractivity contribution in [3.8, 4) is 23.3 Å². The molecular weight excluding hydrogens is 500 g/mol. The predicted molar refractivity (Wildman–Crippen MR) is 116 cm³/mol. The Hall–Kier alpha value is -3.61. The van der Waals surface area contributed by atoms with Crippen LogP contribution in [0, 0.1) is 5.82 Å². The fourth-order valence-corrected chi connectivity index (χ4v) is 3.21. The highest BCUT2D eigenvalue weighted by Crippen LogP contribution is 2.31. The maximum atomic E-state index is 14.7. The highest BCUT2D eigenvalue weighted by atomic mass is 35.5. The first-order chi connectivity index (χ1) is 16.5. The first-order valence-electron chi connectivity index (χ1n) is 10.1. The van der Waals surface area contributed by atoms with Crippen LogP contribution in [0.25, 0.3) is 5.69 Å². The number of nitrogens with zero attached hydrogens (tertiary/aromatic N) is 4. The fourth-order valence-electron chi connectivity index (χ4n) is 3.01. The van der Waals surface area contributed by atoms with Gasteiger partial charge < -0.3 is 14.2 Å². The molecule has 0 aliphatic heterocycles. The maximum Gasteiger partial charge on any atom is 0.431 e. The molecule has 3 rings (SSSR count). The van der Waals surface area contributed by atoms with E-state index in [-0.39, 0.29) is 44.5 Å². The molecule has 0 bridgehead atoms. The molecule has 0 N–H and O–H groups in total. The molecular formula is C21H19ClF4N4O5. The summed E-state index contributed by atoms with van der Waals surface area (Å²) in [6.45, 7) is 3.88. The number of aromatic nitrogens is 4. The monoisotopic (exact) mass is 518 g/mol. The summed E-state index contributed by atoms with van der Waals surface area (Å²) in [4.78, 5) is 33.1. The molecule has 14 heteroatoms. The van der Waals surface area contributed by atoms with Gasteiger partial charge in [-0.25, -0.2) is 13.8 Å². The van der Waals surface area contributed by atoms with Gasteiger partial charge in [0.15, 0.2) is 0 Å². The molecule has 0 radical (unpaired) electrons. The topological polar surface area (TPSA) is 97.5 Å². The van der Waals surface area contributed by atoms with E-state index in [1.807, 2.05) is 0 Å². The van der Waals surface area contributed by atoms with Crippen LogP contribution in [0.5, 0.6) is 17.6 Å². The quantitative estimate of drug-likeness (QED) is 0.421. The third kappa shape index (κ3) is 5.73. The molecule has 2 aromatic heterocycles. The SMILES string of the molecule is CCOc1cc(COc2cc(-n3c(=O)cc(C(F)(F)F)n(C)c3=O)c(F)cc2Cl)nc(OCC)n1. The van der Waals surface area contributed by atoms with E-state index >= 15 is 0 Å². The van der Waals surface area contributed by atoms with Crippen LogP contribution in [-0.2, 0) is 19.8 Å². The summed E-state index contributed by atoms with van der Waals surface area (Å²) < 4.78 is 70.7. The molecule has 0 amide bonds. The number of ether oxygens (including phenoxy) is 3. The number of rotatable bonds is 8. The molecule has 0 spiro atoms. The summed E-state index contributed by atoms with van der Waals surface area (Å²) in [5.74, 6) is -1.07. The summed E-state index contributed by atoms with van der Waals surface area (Å²) in [5, 5.41) is -0.216. The normalized spacial score (nSPS) is 11.4. The van der Waals surface area contributed by atoms with Gasteiger partial charge in [-0.05, 0) is 19.9 Å². The fraction of sp³-hybridized carbons (Fsp3) is 0.333. The largest absolute Gasteiger partial charge is 0.486 e. The zero-order chi connectivity index (χ0) is 25.9. The highest BCUT2D eigenvalue weighted by molar-refractivity contribution is 6.32. The summed E-state index contributed by atoms with van der Waals surface area (Å²) in [6.07, 6.45) is -4.96. The van der Waals surface area contributed by atoms with Crippen LogP contribution in [0.3, 0.4) is 0 Å². The average molecular weight is 519 g/mol. The van der Waals surface area contributed by atoms with Crippen LogP contribution in [0.15, 0.2) is 33.9 Å². The van der Waals surface area contributed by atoms with Gasteiger partial charge in [0.1, 0.15) is 23.9 Å². The number of benzene rings is 1. The number of hydrogen-bond donors (Lipinski definition) is 0. The van der Waals surface area contributed by atoms with Crippen LogP contribution in [-0.4, -0.2) is 32.3 Å². The van der Waals surface area contributed by atoms with Crippen molar-refractivity contribution in [2.45, 2.75) is 26.6 Å². The third-order valence-electron chi connectivity index (χ3n) is 4.53. The van der Waals surface area contributed by atoms with Crippen molar-refractivity contribution < 1.29 is 31.8 Å². The molecule has 188 valence electrons. The van der Waals surface area contributed by atoms with Crippen molar-refractivity contribution in [2.75, 3.05) is 13.2 Å². The second-order valence-corrected chi connectivity index (χ2v) is 7.32. The van der Waals surface area contributed by atoms with Crippen LogP contribution in [0.1, 0.15) is 25.2 Å². The first-order valence-corrected chi connectivity index (χ1v) is 10.5. The molecule has 3 aromatic rings. The van der Waals surface area contributed by atoms with E-state index in [0.717, 1.165) is 19.2 Å². The minimum atomic E-state index is -4.96. The Labute approximate surface area is 200 Å². The van der Waals surface area contributed by atoms with Crippen LogP contribution in [0.2, 0.25) is 5.02 Å². The molecule has 0 saturated carbocycles. The minimum absolute atomic E-state index is 0.0303. The lowest BCUT2D eigenvalue weighted by Gasteiger charge is -2.15. The van der Waals surface area contributed by atoms with E-state index in [1.165, 1.54) is 6.07 Å². The Bertz CT molecular complexity index is 1330. The van der Waals surface area contributed by atoms with Gasteiger partial charge in [-0.3, -0.25) is 9.36 Å². The molecule has 0 fully saturated rings. The van der Waals surface area contributed by atoms with Gasteiger partial charge in [0.2, 0.25) is 5.88 Å². The summed E-state index contributed by atoms with van der Waals surface area (Å²) in [6, 6.07) is 3.40. The molecule has 0 unspecified atom stereocenters. The molecule has 0 atom stereocenters. The van der Waals surface area contributed by atoms with Crippen molar-refractivity contribution in [3.05, 3.63) is 67.3 Å². The van der Waals surface area contributed by atoms with E-state index in [0.29, 0.717) is 18.9 Å². The Balaban J connectivity index is 2.01. The Morgan fingerprint density at radius 2 is 1.69 bits per heavy atom. The van der Waals surface area contributed by atoms with Gasteiger partial charge in [0, 0.05) is 25.2 Å². The van der Waals surface area contributed by atoms with Crippen LogP contribution in [0.4, 0.5) is 17.6 Å². The van der Waals surface area contributed by atoms with Gasteiger partial charge in [-0.1, -0.05) is 11.6 Å². The van der Waals surface area contributed by atoms with Crippen molar-refractivity contribution in [1.29, 1.82) is 0 Å². The van der Waals surface area contributed by atoms with Crippen molar-refractivity contribution >= 4 is 11.6 Å². The smallest absolute Gasteiger partial charge is 0.431 e. The predicted octanol–water partition coefficient (Wildman–Crippen LogP) is 3.51. The zero-order valence-electron chi connectivity index (χ0n) is 18.7. The number of alkyl halides is 3. The lowest BCUT2D eigenvalue weighted by molar-refractivity contribution is -0.144. The molecule has 2 heterocycles. The maximum absolute atomic E-state index is 14.7. The van der Waals surface area contributed by atoms with E-state index in [2.05, 4.69) is 9.97 Å². The lowest BCUT2D eigenvalue weighted by atomic mass is 10.2. The number of halogens is 5. The van der Waals surface area contributed by atoms with Gasteiger partial charge in [-0.2, -0.15) is 23.1 Å². The lowest BCUT2D eigenvalue weighted by Crippen LogP contribution is -2.41. The van der Waals surface area contributed by atoms with Crippen LogP contribution < -0.4 is 25.5 Å². The Morgan fingerprint density at radius 3 is 2.31 bits per heavy atom. The van der Waals surface area contributed by atoms with E-state index in [9.17, 15) is 27.2 Å². The van der Waals surface area contributed by atoms with Gasteiger partial charge >= 0.3 is 17.9 Å². The zero-order valence-corrected chi connectivity index (χ0v) is 19.4. The number of hydrogen-bond acceptors (Lipinski definition) is 7. The standard InChI is InChI=1S/C21H19ClF4N4O5/c1-4-33-17-6-11(27-19(28-17)34-5-2)10-35-15-8-14(13(23)7-12(15)22)30-18(31)9-16(21(24,25)26)29(3)20(30)32/h6-9H,4-5,10H2,1-3H3. The van der Waals surface area contributed by atoms with E-state index in [1.54, 1.807) is 13.8 Å². The summed E-state index contributed by atoms with van der Waals surface area (Å²) >= 11 is 6.05. The Morgan fingerprint density at radius 1 is 1.00 bits per heavy atom. The average Bonchev–Trinajstić information content (AvgIpc) is 2.76. The van der Waals surface area contributed by atoms with Crippen LogP contribution >= 0.6 is 11.6 Å². The molecule has 9 nitrogen and oxygen atoms in total. The molecule has 35 heavy (non-hydrogen) atoms. The van der Waals surface area contributed by atoms with Gasteiger partial charge in [-0.15, -0.1) is 0 Å². The van der Waals surface area contributed by atoms with Crippen molar-refractivity contribution in [1.82, 2.24) is 19.1 Å². The highest BCUT2D eigenvalue weighted by Gasteiger charge is 2.35. The Kier molecular flexibility index (Phi) is 7.68. The molecule has 0 aliphatic rings. The minimum Gasteiger partial charge on any atom is -0.486 e. The summed E-state index contributed by atoms with van der Waals surface area (Å²) in [5.41, 5.74) is -4.61. The second kappa shape index (κ2) is 10.3.